The smallest absolute Gasteiger partial charge is 0.311 e. The molecule has 0 aromatic rings. The highest BCUT2D eigenvalue weighted by Gasteiger charge is 2.07. The summed E-state index contributed by atoms with van der Waals surface area (Å²) in [4.78, 5) is 11.3. The molecule has 0 atom stereocenters. The first-order valence-corrected chi connectivity index (χ1v) is 5.26. The molecule has 0 saturated carbocycles. The maximum atomic E-state index is 11.3. The average molecular weight is 194 g/mol. The molecule has 2 nitrogen and oxygen atoms in total. The summed E-state index contributed by atoms with van der Waals surface area (Å²) in [6.45, 7) is 4.21. The lowest BCUT2D eigenvalue weighted by Gasteiger charge is -2.08. The molecule has 0 heterocycles. The maximum Gasteiger partial charge on any atom is 0.311 e. The summed E-state index contributed by atoms with van der Waals surface area (Å²) >= 11 is 0. The number of rotatable bonds is 4. The van der Waals surface area contributed by atoms with Gasteiger partial charge in [-0.3, -0.25) is 4.79 Å². The zero-order valence-corrected chi connectivity index (χ0v) is 8.95. The number of esters is 1. The highest BCUT2D eigenvalue weighted by atomic mass is 16.5. The van der Waals surface area contributed by atoms with Crippen molar-refractivity contribution in [3.8, 4) is 0 Å². The number of hydrogen-bond acceptors (Lipinski definition) is 2. The third-order valence-electron chi connectivity index (χ3n) is 2.12. The number of carbonyl (C=O) groups is 1. The normalized spacial score (nSPS) is 15.5. The maximum absolute atomic E-state index is 11.3. The Morgan fingerprint density at radius 2 is 2.29 bits per heavy atom. The number of carbonyl (C=O) groups excluding carboxylic acids is 1. The van der Waals surface area contributed by atoms with E-state index in [1.165, 1.54) is 0 Å². The Hall–Kier alpha value is -1.05. The fraction of sp³-hybridized carbons (Fsp3) is 0.583. The quantitative estimate of drug-likeness (QED) is 0.642. The van der Waals surface area contributed by atoms with Crippen LogP contribution in [0.3, 0.4) is 0 Å². The highest BCUT2D eigenvalue weighted by Crippen LogP contribution is 2.13. The van der Waals surface area contributed by atoms with Crippen molar-refractivity contribution in [2.75, 3.05) is 0 Å². The van der Waals surface area contributed by atoms with Crippen molar-refractivity contribution in [1.82, 2.24) is 0 Å². The summed E-state index contributed by atoms with van der Waals surface area (Å²) in [6.07, 6.45) is 9.31. The van der Waals surface area contributed by atoms with E-state index in [1.54, 1.807) is 0 Å². The molecule has 1 aliphatic rings. The molecule has 78 valence electrons. The van der Waals surface area contributed by atoms with Crippen LogP contribution in [-0.4, -0.2) is 5.97 Å². The summed E-state index contributed by atoms with van der Waals surface area (Å²) in [5.41, 5.74) is 0. The zero-order valence-electron chi connectivity index (χ0n) is 8.95. The van der Waals surface area contributed by atoms with Gasteiger partial charge in [-0.15, -0.1) is 0 Å². The first-order valence-electron chi connectivity index (χ1n) is 5.26. The van der Waals surface area contributed by atoms with E-state index in [0.717, 1.165) is 19.3 Å². The first-order chi connectivity index (χ1) is 6.68. The SMILES string of the molecule is CC(C)CCC(=O)OC1=CCCC=C1. The molecular weight excluding hydrogens is 176 g/mol. The minimum atomic E-state index is -0.114. The highest BCUT2D eigenvalue weighted by molar-refractivity contribution is 5.71. The third kappa shape index (κ3) is 4.26. The van der Waals surface area contributed by atoms with Crippen LogP contribution in [0.4, 0.5) is 0 Å². The molecule has 0 bridgehead atoms. The van der Waals surface area contributed by atoms with Gasteiger partial charge < -0.3 is 4.74 Å². The Bertz CT molecular complexity index is 249. The average Bonchev–Trinajstić information content (AvgIpc) is 2.16. The second-order valence-electron chi connectivity index (χ2n) is 3.99. The largest absolute Gasteiger partial charge is 0.427 e. The van der Waals surface area contributed by atoms with E-state index in [2.05, 4.69) is 13.8 Å². The lowest BCUT2D eigenvalue weighted by atomic mass is 10.1. The van der Waals surface area contributed by atoms with E-state index in [9.17, 15) is 4.79 Å². The van der Waals surface area contributed by atoms with Gasteiger partial charge in [-0.25, -0.2) is 0 Å². The molecule has 0 aromatic carbocycles. The Balaban J connectivity index is 2.26. The summed E-state index contributed by atoms with van der Waals surface area (Å²) in [5, 5.41) is 0. The topological polar surface area (TPSA) is 26.3 Å². The van der Waals surface area contributed by atoms with Gasteiger partial charge in [0, 0.05) is 6.42 Å². The molecule has 0 saturated heterocycles. The predicted octanol–water partition coefficient (Wildman–Crippen LogP) is 3.20. The molecule has 0 N–H and O–H groups in total. The van der Waals surface area contributed by atoms with Crippen LogP contribution in [0.25, 0.3) is 0 Å². The van der Waals surface area contributed by atoms with Crippen molar-refractivity contribution in [3.63, 3.8) is 0 Å². The molecule has 0 fully saturated rings. The zero-order chi connectivity index (χ0) is 10.4. The Kier molecular flexibility index (Phi) is 4.44. The van der Waals surface area contributed by atoms with Crippen LogP contribution in [0.5, 0.6) is 0 Å². The van der Waals surface area contributed by atoms with Gasteiger partial charge in [0.1, 0.15) is 5.76 Å². The van der Waals surface area contributed by atoms with Crippen LogP contribution in [-0.2, 0) is 9.53 Å². The summed E-state index contributed by atoms with van der Waals surface area (Å²) in [7, 11) is 0. The van der Waals surface area contributed by atoms with E-state index < -0.39 is 0 Å². The lowest BCUT2D eigenvalue weighted by Crippen LogP contribution is -2.05. The van der Waals surface area contributed by atoms with Gasteiger partial charge >= 0.3 is 5.97 Å². The summed E-state index contributed by atoms with van der Waals surface area (Å²) < 4.78 is 5.18. The van der Waals surface area contributed by atoms with Gasteiger partial charge in [-0.05, 0) is 37.3 Å². The number of allylic oxidation sites excluding steroid dienone is 3. The summed E-state index contributed by atoms with van der Waals surface area (Å²) in [6, 6.07) is 0. The van der Waals surface area contributed by atoms with Crippen molar-refractivity contribution < 1.29 is 9.53 Å². The van der Waals surface area contributed by atoms with E-state index in [-0.39, 0.29) is 5.97 Å². The van der Waals surface area contributed by atoms with Crippen LogP contribution in [0.1, 0.15) is 39.5 Å². The Morgan fingerprint density at radius 1 is 1.50 bits per heavy atom. The van der Waals surface area contributed by atoms with Gasteiger partial charge in [-0.1, -0.05) is 19.9 Å². The standard InChI is InChI=1S/C12H18O2/c1-10(2)8-9-12(13)14-11-6-4-3-5-7-11/h4,6-7,10H,3,5,8-9H2,1-2H3. The summed E-state index contributed by atoms with van der Waals surface area (Å²) in [5.74, 6) is 1.15. The molecule has 0 unspecified atom stereocenters. The van der Waals surface area contributed by atoms with Gasteiger partial charge in [0.2, 0.25) is 0 Å². The number of hydrogen-bond donors (Lipinski definition) is 0. The molecule has 1 aliphatic carbocycles. The monoisotopic (exact) mass is 194 g/mol. The van der Waals surface area contributed by atoms with Crippen molar-refractivity contribution in [3.05, 3.63) is 24.0 Å². The van der Waals surface area contributed by atoms with Gasteiger partial charge in [0.25, 0.3) is 0 Å². The predicted molar refractivity (Wildman–Crippen MR) is 56.6 cm³/mol. The molecule has 0 aliphatic heterocycles. The van der Waals surface area contributed by atoms with Crippen molar-refractivity contribution in [2.24, 2.45) is 5.92 Å². The fourth-order valence-electron chi connectivity index (χ4n) is 1.25. The second kappa shape index (κ2) is 5.63. The molecule has 2 heteroatoms. The van der Waals surface area contributed by atoms with E-state index in [0.29, 0.717) is 18.1 Å². The lowest BCUT2D eigenvalue weighted by molar-refractivity contribution is -0.139. The second-order valence-corrected chi connectivity index (χ2v) is 3.99. The van der Waals surface area contributed by atoms with Crippen LogP contribution in [0.2, 0.25) is 0 Å². The fourth-order valence-corrected chi connectivity index (χ4v) is 1.25. The Morgan fingerprint density at radius 3 is 2.86 bits per heavy atom. The van der Waals surface area contributed by atoms with Crippen molar-refractivity contribution in [1.29, 1.82) is 0 Å². The van der Waals surface area contributed by atoms with Crippen LogP contribution in [0, 0.1) is 5.92 Å². The van der Waals surface area contributed by atoms with Crippen LogP contribution >= 0.6 is 0 Å². The van der Waals surface area contributed by atoms with E-state index in [1.807, 2.05) is 18.2 Å². The molecule has 0 amide bonds. The third-order valence-corrected chi connectivity index (χ3v) is 2.12. The minimum absolute atomic E-state index is 0.114. The minimum Gasteiger partial charge on any atom is -0.427 e. The molecule has 0 aromatic heterocycles. The Labute approximate surface area is 85.6 Å². The van der Waals surface area contributed by atoms with Gasteiger partial charge in [0.05, 0.1) is 0 Å². The molecule has 0 spiro atoms. The van der Waals surface area contributed by atoms with Crippen LogP contribution in [0.15, 0.2) is 24.0 Å². The molecular formula is C12H18O2. The molecule has 1 rings (SSSR count). The van der Waals surface area contributed by atoms with Crippen LogP contribution < -0.4 is 0 Å². The number of ether oxygens (including phenoxy) is 1. The van der Waals surface area contributed by atoms with E-state index >= 15 is 0 Å². The van der Waals surface area contributed by atoms with Crippen molar-refractivity contribution >= 4 is 5.97 Å². The van der Waals surface area contributed by atoms with E-state index in [4.69, 9.17) is 4.74 Å². The van der Waals surface area contributed by atoms with Crippen molar-refractivity contribution in [2.45, 2.75) is 39.5 Å². The molecule has 0 radical (unpaired) electrons. The van der Waals surface area contributed by atoms with Gasteiger partial charge in [-0.2, -0.15) is 0 Å². The van der Waals surface area contributed by atoms with Gasteiger partial charge in [0.15, 0.2) is 0 Å². The first kappa shape index (κ1) is 11.0. The molecule has 14 heavy (non-hydrogen) atoms.